The summed E-state index contributed by atoms with van der Waals surface area (Å²) < 4.78 is 0. The average Bonchev–Trinajstić information content (AvgIpc) is 1.91. The molecule has 0 fully saturated rings. The van der Waals surface area contributed by atoms with Crippen LogP contribution < -0.4 is 5.73 Å². The smallest absolute Gasteiger partial charge is 0.0399 e. The van der Waals surface area contributed by atoms with Gasteiger partial charge in [0.1, 0.15) is 0 Å². The molecule has 2 nitrogen and oxygen atoms in total. The summed E-state index contributed by atoms with van der Waals surface area (Å²) in [5.41, 5.74) is 6.75. The molecule has 0 aromatic rings. The van der Waals surface area contributed by atoms with Crippen LogP contribution in [-0.2, 0) is 0 Å². The Labute approximate surface area is 61.3 Å². The third kappa shape index (κ3) is 2.31. The Morgan fingerprint density at radius 3 is 2.50 bits per heavy atom. The van der Waals surface area contributed by atoms with Crippen molar-refractivity contribution in [2.75, 3.05) is 0 Å². The van der Waals surface area contributed by atoms with Crippen LogP contribution in [0.2, 0.25) is 0 Å². The van der Waals surface area contributed by atoms with Gasteiger partial charge in [-0.3, -0.25) is 0 Å². The molecule has 0 aromatic carbocycles. The largest absolute Gasteiger partial charge is 0.398 e. The lowest BCUT2D eigenvalue weighted by Crippen LogP contribution is -1.98. The molecule has 0 heterocycles. The van der Waals surface area contributed by atoms with Crippen molar-refractivity contribution in [3.63, 3.8) is 0 Å². The maximum Gasteiger partial charge on any atom is 0.0399 e. The van der Waals surface area contributed by atoms with Crippen molar-refractivity contribution in [2.45, 2.75) is 6.92 Å². The molecule has 10 heavy (non-hydrogen) atoms. The Kier molecular flexibility index (Phi) is 3.96. The summed E-state index contributed by atoms with van der Waals surface area (Å²) in [7, 11) is 0. The van der Waals surface area contributed by atoms with Gasteiger partial charge in [-0.15, -0.1) is 0 Å². The van der Waals surface area contributed by atoms with Crippen molar-refractivity contribution in [1.82, 2.24) is 0 Å². The third-order valence-corrected chi connectivity index (χ3v) is 1.05. The summed E-state index contributed by atoms with van der Waals surface area (Å²) in [4.78, 5) is 0. The summed E-state index contributed by atoms with van der Waals surface area (Å²) in [6, 6.07) is 0. The topological polar surface area (TPSA) is 49.9 Å². The van der Waals surface area contributed by atoms with Gasteiger partial charge in [0.15, 0.2) is 0 Å². The molecule has 0 saturated carbocycles. The number of nitrogens with two attached hydrogens (primary N) is 1. The van der Waals surface area contributed by atoms with Crippen LogP contribution in [0.15, 0.2) is 36.1 Å². The molecule has 54 valence electrons. The summed E-state index contributed by atoms with van der Waals surface area (Å²) >= 11 is 0. The molecule has 0 radical (unpaired) electrons. The van der Waals surface area contributed by atoms with Gasteiger partial charge in [0, 0.05) is 17.5 Å². The van der Waals surface area contributed by atoms with E-state index in [2.05, 4.69) is 6.58 Å². The number of nitrogens with one attached hydrogen (secondary N) is 1. The summed E-state index contributed by atoms with van der Waals surface area (Å²) in [5.74, 6) is 0. The quantitative estimate of drug-likeness (QED) is 0.449. The fourth-order valence-electron chi connectivity index (χ4n) is 0.536. The molecule has 0 spiro atoms. The van der Waals surface area contributed by atoms with Crippen molar-refractivity contribution < 1.29 is 0 Å². The SMILES string of the molecule is C=C/C(C=N)=C(N)\C=C/C. The minimum Gasteiger partial charge on any atom is -0.398 e. The van der Waals surface area contributed by atoms with Crippen molar-refractivity contribution in [3.05, 3.63) is 36.1 Å². The first kappa shape index (κ1) is 8.69. The molecule has 2 heteroatoms. The van der Waals surface area contributed by atoms with E-state index >= 15 is 0 Å². The molecule has 0 rings (SSSR count). The molecule has 3 N–H and O–H groups in total. The van der Waals surface area contributed by atoms with E-state index in [0.717, 1.165) is 0 Å². The minimum absolute atomic E-state index is 0.576. The molecular formula is C8H12N2. The standard InChI is InChI=1S/C8H12N2/c1-3-5-8(10)7(4-2)6-9/h3-6,9H,2,10H2,1H3/b5-3-,8-7-,9-6?. The predicted molar refractivity (Wildman–Crippen MR) is 45.0 cm³/mol. The highest BCUT2D eigenvalue weighted by Gasteiger charge is 1.88. The second-order valence-corrected chi connectivity index (χ2v) is 1.76. The lowest BCUT2D eigenvalue weighted by atomic mass is 10.2. The fourth-order valence-corrected chi connectivity index (χ4v) is 0.536. The Morgan fingerprint density at radius 1 is 1.60 bits per heavy atom. The molecule has 0 saturated heterocycles. The van der Waals surface area contributed by atoms with E-state index in [9.17, 15) is 0 Å². The lowest BCUT2D eigenvalue weighted by molar-refractivity contribution is 1.38. The van der Waals surface area contributed by atoms with Gasteiger partial charge in [0.2, 0.25) is 0 Å². The molecule has 0 bridgehead atoms. The number of hydrogen-bond acceptors (Lipinski definition) is 2. The van der Waals surface area contributed by atoms with E-state index in [-0.39, 0.29) is 0 Å². The van der Waals surface area contributed by atoms with Crippen LogP contribution in [0.5, 0.6) is 0 Å². The number of hydrogen-bond donors (Lipinski definition) is 2. The van der Waals surface area contributed by atoms with E-state index in [0.29, 0.717) is 11.3 Å². The fraction of sp³-hybridized carbons (Fsp3) is 0.125. The van der Waals surface area contributed by atoms with E-state index < -0.39 is 0 Å². The first-order valence-corrected chi connectivity index (χ1v) is 3.01. The Morgan fingerprint density at radius 2 is 2.20 bits per heavy atom. The summed E-state index contributed by atoms with van der Waals surface area (Å²) in [6.07, 6.45) is 6.30. The maximum absolute atomic E-state index is 6.90. The molecule has 0 aliphatic rings. The zero-order chi connectivity index (χ0) is 7.98. The van der Waals surface area contributed by atoms with Gasteiger partial charge < -0.3 is 11.1 Å². The highest BCUT2D eigenvalue weighted by molar-refractivity contribution is 5.81. The lowest BCUT2D eigenvalue weighted by Gasteiger charge is -1.94. The monoisotopic (exact) mass is 136 g/mol. The van der Waals surface area contributed by atoms with Gasteiger partial charge in [0.05, 0.1) is 0 Å². The molecule has 0 aliphatic heterocycles. The normalized spacial score (nSPS) is 12.9. The van der Waals surface area contributed by atoms with Gasteiger partial charge in [-0.1, -0.05) is 18.7 Å². The first-order valence-electron chi connectivity index (χ1n) is 3.01. The van der Waals surface area contributed by atoms with Crippen LogP contribution >= 0.6 is 0 Å². The minimum atomic E-state index is 0.576. The Hall–Kier alpha value is -1.31. The van der Waals surface area contributed by atoms with Gasteiger partial charge >= 0.3 is 0 Å². The molecule has 0 aromatic heterocycles. The zero-order valence-corrected chi connectivity index (χ0v) is 6.09. The second kappa shape index (κ2) is 4.56. The van der Waals surface area contributed by atoms with Crippen molar-refractivity contribution in [1.29, 1.82) is 5.41 Å². The van der Waals surface area contributed by atoms with Gasteiger partial charge in [-0.25, -0.2) is 0 Å². The molecular weight excluding hydrogens is 124 g/mol. The molecule has 0 unspecified atom stereocenters. The van der Waals surface area contributed by atoms with Crippen LogP contribution in [0.25, 0.3) is 0 Å². The van der Waals surface area contributed by atoms with Crippen LogP contribution in [0.1, 0.15) is 6.92 Å². The Bertz CT molecular complexity index is 177. The number of rotatable bonds is 3. The number of allylic oxidation sites excluding steroid dienone is 4. The average molecular weight is 136 g/mol. The molecule has 0 amide bonds. The third-order valence-electron chi connectivity index (χ3n) is 1.05. The first-order chi connectivity index (χ1) is 4.76. The highest BCUT2D eigenvalue weighted by Crippen LogP contribution is 1.97. The molecule has 0 aliphatic carbocycles. The van der Waals surface area contributed by atoms with E-state index in [1.165, 1.54) is 6.21 Å². The summed E-state index contributed by atoms with van der Waals surface area (Å²) in [5, 5.41) is 6.90. The summed E-state index contributed by atoms with van der Waals surface area (Å²) in [6.45, 7) is 5.38. The predicted octanol–water partition coefficient (Wildman–Crippen LogP) is 1.61. The van der Waals surface area contributed by atoms with Crippen LogP contribution in [0.4, 0.5) is 0 Å². The van der Waals surface area contributed by atoms with E-state index in [1.54, 1.807) is 12.2 Å². The van der Waals surface area contributed by atoms with Crippen LogP contribution in [-0.4, -0.2) is 6.21 Å². The van der Waals surface area contributed by atoms with Gasteiger partial charge in [-0.05, 0) is 13.0 Å². The van der Waals surface area contributed by atoms with Gasteiger partial charge in [0.25, 0.3) is 0 Å². The molecule has 0 atom stereocenters. The van der Waals surface area contributed by atoms with Crippen molar-refractivity contribution in [2.24, 2.45) is 5.73 Å². The highest BCUT2D eigenvalue weighted by atomic mass is 14.6. The maximum atomic E-state index is 6.90. The zero-order valence-electron chi connectivity index (χ0n) is 6.09. The van der Waals surface area contributed by atoms with Crippen LogP contribution in [0, 0.1) is 5.41 Å². The Balaban J connectivity index is 4.58. The van der Waals surface area contributed by atoms with Crippen LogP contribution in [0.3, 0.4) is 0 Å². The second-order valence-electron chi connectivity index (χ2n) is 1.76. The van der Waals surface area contributed by atoms with E-state index in [1.807, 2.05) is 13.0 Å². The van der Waals surface area contributed by atoms with Gasteiger partial charge in [-0.2, -0.15) is 0 Å². The van der Waals surface area contributed by atoms with E-state index in [4.69, 9.17) is 11.1 Å². The van der Waals surface area contributed by atoms with Crippen molar-refractivity contribution >= 4 is 6.21 Å². The van der Waals surface area contributed by atoms with Crippen molar-refractivity contribution in [3.8, 4) is 0 Å².